The normalized spacial score (nSPS) is 17.4. The molecule has 0 aliphatic rings. The molecule has 0 aromatic heterocycles. The van der Waals surface area contributed by atoms with Gasteiger partial charge in [-0.2, -0.15) is 0 Å². The first-order chi connectivity index (χ1) is 4.54. The molecule has 0 N–H and O–H groups in total. The predicted octanol–water partition coefficient (Wildman–Crippen LogP) is 3.54. The Hall–Kier alpha value is 0.410. The van der Waals surface area contributed by atoms with E-state index < -0.39 is 6.17 Å². The first-order valence-corrected chi connectivity index (χ1v) is 4.73. The second kappa shape index (κ2) is 5.11. The summed E-state index contributed by atoms with van der Waals surface area (Å²) in [6, 6.07) is 0. The van der Waals surface area contributed by atoms with E-state index in [2.05, 4.69) is 29.8 Å². The molecule has 1 unspecified atom stereocenters. The van der Waals surface area contributed by atoms with Gasteiger partial charge in [-0.15, -0.1) is 0 Å². The van der Waals surface area contributed by atoms with Crippen LogP contribution in [0.15, 0.2) is 0 Å². The summed E-state index contributed by atoms with van der Waals surface area (Å²) in [4.78, 5) is 0.00579. The number of alkyl halides is 2. The summed E-state index contributed by atoms with van der Waals surface area (Å²) >= 11 is 3.21. The highest BCUT2D eigenvalue weighted by Crippen LogP contribution is 2.16. The third-order valence-corrected chi connectivity index (χ3v) is 2.09. The fraction of sp³-hybridized carbons (Fsp3) is 1.00. The van der Waals surface area contributed by atoms with E-state index in [1.807, 2.05) is 6.92 Å². The zero-order valence-electron chi connectivity index (χ0n) is 6.90. The fourth-order valence-electron chi connectivity index (χ4n) is 0.722. The van der Waals surface area contributed by atoms with Crippen molar-refractivity contribution in [1.82, 2.24) is 0 Å². The summed E-state index contributed by atoms with van der Waals surface area (Å²) in [6.07, 6.45) is 0.990. The Morgan fingerprint density at radius 1 is 1.20 bits per heavy atom. The molecule has 10 heavy (non-hydrogen) atoms. The molecule has 0 aliphatic carbocycles. The van der Waals surface area contributed by atoms with Crippen LogP contribution in [0.1, 0.15) is 33.6 Å². The van der Waals surface area contributed by atoms with E-state index in [4.69, 9.17) is 0 Å². The van der Waals surface area contributed by atoms with E-state index in [0.717, 1.165) is 6.42 Å². The minimum Gasteiger partial charge on any atom is -0.246 e. The van der Waals surface area contributed by atoms with Gasteiger partial charge in [0, 0.05) is 4.83 Å². The molecule has 0 radical (unpaired) electrons. The summed E-state index contributed by atoms with van der Waals surface area (Å²) in [5.74, 6) is 0.615. The van der Waals surface area contributed by atoms with Gasteiger partial charge in [-0.05, 0) is 25.7 Å². The van der Waals surface area contributed by atoms with Crippen LogP contribution in [0.25, 0.3) is 0 Å². The summed E-state index contributed by atoms with van der Waals surface area (Å²) < 4.78 is 12.8. The van der Waals surface area contributed by atoms with Gasteiger partial charge in [-0.25, -0.2) is 4.39 Å². The first kappa shape index (κ1) is 10.4. The molecule has 0 saturated heterocycles. The first-order valence-electron chi connectivity index (χ1n) is 3.82. The predicted molar refractivity (Wildman–Crippen MR) is 47.4 cm³/mol. The average Bonchev–Trinajstić information content (AvgIpc) is 1.82. The Balaban J connectivity index is 3.30. The van der Waals surface area contributed by atoms with E-state index in [9.17, 15) is 4.39 Å². The maximum absolute atomic E-state index is 12.8. The van der Waals surface area contributed by atoms with Gasteiger partial charge in [0.15, 0.2) is 0 Å². The third-order valence-electron chi connectivity index (χ3n) is 1.52. The van der Waals surface area contributed by atoms with Crippen LogP contribution in [0.2, 0.25) is 0 Å². The SMILES string of the molecule is CC(C)CCC(F)[C@H](C)Br. The molecule has 0 nitrogen and oxygen atoms in total. The topological polar surface area (TPSA) is 0 Å². The highest BCUT2D eigenvalue weighted by atomic mass is 79.9. The molecule has 0 amide bonds. The van der Waals surface area contributed by atoms with Crippen molar-refractivity contribution in [3.63, 3.8) is 0 Å². The minimum atomic E-state index is -0.678. The molecule has 0 rings (SSSR count). The van der Waals surface area contributed by atoms with Gasteiger partial charge in [-0.1, -0.05) is 29.8 Å². The minimum absolute atomic E-state index is 0.00579. The summed E-state index contributed by atoms with van der Waals surface area (Å²) in [5, 5.41) is 0. The molecule has 0 aliphatic heterocycles. The Labute approximate surface area is 71.3 Å². The van der Waals surface area contributed by atoms with Gasteiger partial charge in [-0.3, -0.25) is 0 Å². The van der Waals surface area contributed by atoms with Crippen molar-refractivity contribution in [3.05, 3.63) is 0 Å². The van der Waals surface area contributed by atoms with Crippen LogP contribution in [-0.2, 0) is 0 Å². The van der Waals surface area contributed by atoms with Crippen LogP contribution < -0.4 is 0 Å². The van der Waals surface area contributed by atoms with Crippen molar-refractivity contribution in [3.8, 4) is 0 Å². The molecular weight excluding hydrogens is 195 g/mol. The van der Waals surface area contributed by atoms with Crippen molar-refractivity contribution >= 4 is 15.9 Å². The lowest BCUT2D eigenvalue weighted by molar-refractivity contribution is 0.296. The van der Waals surface area contributed by atoms with E-state index in [1.165, 1.54) is 0 Å². The van der Waals surface area contributed by atoms with Crippen molar-refractivity contribution in [2.24, 2.45) is 5.92 Å². The van der Waals surface area contributed by atoms with Gasteiger partial charge < -0.3 is 0 Å². The molecule has 0 heterocycles. The molecule has 2 atom stereocenters. The van der Waals surface area contributed by atoms with Crippen LogP contribution in [0.5, 0.6) is 0 Å². The van der Waals surface area contributed by atoms with Crippen LogP contribution in [0.4, 0.5) is 4.39 Å². The Kier molecular flexibility index (Phi) is 5.32. The van der Waals surface area contributed by atoms with Crippen molar-refractivity contribution in [2.75, 3.05) is 0 Å². The Morgan fingerprint density at radius 2 is 1.70 bits per heavy atom. The zero-order valence-corrected chi connectivity index (χ0v) is 8.49. The van der Waals surface area contributed by atoms with Crippen molar-refractivity contribution < 1.29 is 4.39 Å². The quantitative estimate of drug-likeness (QED) is 0.624. The van der Waals surface area contributed by atoms with E-state index in [-0.39, 0.29) is 4.83 Å². The zero-order chi connectivity index (χ0) is 8.15. The highest BCUT2D eigenvalue weighted by Gasteiger charge is 2.12. The maximum Gasteiger partial charge on any atom is 0.112 e. The lowest BCUT2D eigenvalue weighted by Gasteiger charge is -2.11. The third kappa shape index (κ3) is 5.21. The van der Waals surface area contributed by atoms with Crippen LogP contribution in [0.3, 0.4) is 0 Å². The smallest absolute Gasteiger partial charge is 0.112 e. The standard InChI is InChI=1S/C8H16BrF/c1-6(2)4-5-8(10)7(3)9/h6-8H,4-5H2,1-3H3/t7-,8?/m0/s1. The molecule has 0 bridgehead atoms. The van der Waals surface area contributed by atoms with Gasteiger partial charge in [0.05, 0.1) is 0 Å². The van der Waals surface area contributed by atoms with Crippen LogP contribution >= 0.6 is 15.9 Å². The molecule has 62 valence electrons. The number of hydrogen-bond acceptors (Lipinski definition) is 0. The van der Waals surface area contributed by atoms with E-state index in [0.29, 0.717) is 12.3 Å². The molecule has 2 heteroatoms. The second-order valence-electron chi connectivity index (χ2n) is 3.16. The van der Waals surface area contributed by atoms with Gasteiger partial charge in [0.25, 0.3) is 0 Å². The summed E-state index contributed by atoms with van der Waals surface area (Å²) in [5.41, 5.74) is 0. The molecule has 0 spiro atoms. The largest absolute Gasteiger partial charge is 0.246 e. The summed E-state index contributed by atoms with van der Waals surface area (Å²) in [7, 11) is 0. The molecule has 0 saturated carbocycles. The maximum atomic E-state index is 12.8. The van der Waals surface area contributed by atoms with Crippen LogP contribution in [-0.4, -0.2) is 11.0 Å². The Bertz CT molecular complexity index is 81.3. The average molecular weight is 211 g/mol. The number of hydrogen-bond donors (Lipinski definition) is 0. The molecule has 0 aromatic rings. The molecule has 0 fully saturated rings. The highest BCUT2D eigenvalue weighted by molar-refractivity contribution is 9.09. The lowest BCUT2D eigenvalue weighted by Crippen LogP contribution is -2.12. The van der Waals surface area contributed by atoms with E-state index in [1.54, 1.807) is 0 Å². The van der Waals surface area contributed by atoms with Crippen LogP contribution in [0, 0.1) is 5.92 Å². The van der Waals surface area contributed by atoms with Crippen molar-refractivity contribution in [2.45, 2.75) is 44.6 Å². The number of rotatable bonds is 4. The van der Waals surface area contributed by atoms with Crippen molar-refractivity contribution in [1.29, 1.82) is 0 Å². The monoisotopic (exact) mass is 210 g/mol. The number of halogens is 2. The lowest BCUT2D eigenvalue weighted by atomic mass is 10.0. The van der Waals surface area contributed by atoms with E-state index >= 15 is 0 Å². The molecule has 0 aromatic carbocycles. The van der Waals surface area contributed by atoms with Gasteiger partial charge in [0.1, 0.15) is 6.17 Å². The Morgan fingerprint density at radius 3 is 2.00 bits per heavy atom. The molecular formula is C8H16BrF. The summed E-state index contributed by atoms with van der Waals surface area (Å²) in [6.45, 7) is 6.09. The van der Waals surface area contributed by atoms with Gasteiger partial charge in [0.2, 0.25) is 0 Å². The fourth-order valence-corrected chi connectivity index (χ4v) is 0.987. The second-order valence-corrected chi connectivity index (χ2v) is 4.61. The van der Waals surface area contributed by atoms with Gasteiger partial charge >= 0.3 is 0 Å².